The van der Waals surface area contributed by atoms with Gasteiger partial charge in [0.1, 0.15) is 5.75 Å². The molecule has 6 nitrogen and oxygen atoms in total. The molecule has 3 aromatic rings. The monoisotopic (exact) mass is 382 g/mol. The highest BCUT2D eigenvalue weighted by molar-refractivity contribution is 7.22. The van der Waals surface area contributed by atoms with Gasteiger partial charge in [0, 0.05) is 37.9 Å². The van der Waals surface area contributed by atoms with Gasteiger partial charge in [0.05, 0.1) is 17.3 Å². The van der Waals surface area contributed by atoms with Crippen LogP contribution in [0.2, 0.25) is 0 Å². The second kappa shape index (κ2) is 7.44. The maximum Gasteiger partial charge on any atom is 0.321 e. The molecule has 0 saturated carbocycles. The molecule has 1 aliphatic rings. The molecule has 0 radical (unpaired) electrons. The molecule has 7 heteroatoms. The number of urea groups is 1. The van der Waals surface area contributed by atoms with Crippen molar-refractivity contribution in [3.8, 4) is 5.75 Å². The number of nitrogens with zero attached hydrogens (tertiary/aromatic N) is 3. The van der Waals surface area contributed by atoms with Crippen molar-refractivity contribution in [3.63, 3.8) is 0 Å². The Morgan fingerprint density at radius 2 is 1.96 bits per heavy atom. The predicted octanol–water partition coefficient (Wildman–Crippen LogP) is 3.97. The number of rotatable bonds is 3. The molecule has 0 bridgehead atoms. The van der Waals surface area contributed by atoms with E-state index in [0.717, 1.165) is 35.2 Å². The van der Waals surface area contributed by atoms with Gasteiger partial charge in [-0.25, -0.2) is 9.78 Å². The number of methoxy groups -OCH3 is 1. The minimum Gasteiger partial charge on any atom is -0.497 e. The Balaban J connectivity index is 1.38. The first-order valence-corrected chi connectivity index (χ1v) is 9.76. The van der Waals surface area contributed by atoms with Gasteiger partial charge < -0.3 is 19.9 Å². The standard InChI is InChI=1S/C20H22N4O2S/c1-14-6-7-17-18(12-14)27-20(22-17)24-10-8-23(9-11-24)19(25)21-15-4-3-5-16(13-15)26-2/h3-7,12-13H,8-11H2,1-2H3,(H,21,25). The van der Waals surface area contributed by atoms with Crippen LogP contribution in [0.1, 0.15) is 5.56 Å². The number of anilines is 2. The maximum absolute atomic E-state index is 12.5. The van der Waals surface area contributed by atoms with Crippen molar-refractivity contribution in [3.05, 3.63) is 48.0 Å². The molecule has 1 saturated heterocycles. The molecule has 0 aliphatic carbocycles. The van der Waals surface area contributed by atoms with Crippen LogP contribution in [0, 0.1) is 6.92 Å². The zero-order chi connectivity index (χ0) is 18.8. The van der Waals surface area contributed by atoms with Gasteiger partial charge in [0.25, 0.3) is 0 Å². The summed E-state index contributed by atoms with van der Waals surface area (Å²) in [7, 11) is 1.61. The summed E-state index contributed by atoms with van der Waals surface area (Å²) in [5.74, 6) is 0.726. The highest BCUT2D eigenvalue weighted by Gasteiger charge is 2.23. The fourth-order valence-corrected chi connectivity index (χ4v) is 4.27. The zero-order valence-corrected chi connectivity index (χ0v) is 16.3. The lowest BCUT2D eigenvalue weighted by atomic mass is 10.2. The number of ether oxygens (including phenoxy) is 1. The minimum absolute atomic E-state index is 0.0807. The number of fused-ring (bicyclic) bond motifs is 1. The van der Waals surface area contributed by atoms with Crippen LogP contribution in [0.4, 0.5) is 15.6 Å². The Hall–Kier alpha value is -2.80. The van der Waals surface area contributed by atoms with Crippen molar-refractivity contribution >= 4 is 38.4 Å². The number of thiazole rings is 1. The quantitative estimate of drug-likeness (QED) is 0.745. The molecule has 0 spiro atoms. The van der Waals surface area contributed by atoms with E-state index in [-0.39, 0.29) is 6.03 Å². The highest BCUT2D eigenvalue weighted by atomic mass is 32.1. The average molecular weight is 382 g/mol. The van der Waals surface area contributed by atoms with Gasteiger partial charge in [-0.3, -0.25) is 0 Å². The maximum atomic E-state index is 12.5. The number of aryl methyl sites for hydroxylation is 1. The van der Waals surface area contributed by atoms with Gasteiger partial charge in [-0.1, -0.05) is 23.5 Å². The molecule has 1 fully saturated rings. The Morgan fingerprint density at radius 1 is 1.15 bits per heavy atom. The van der Waals surface area contributed by atoms with Crippen LogP contribution in [0.5, 0.6) is 5.75 Å². The molecule has 1 aliphatic heterocycles. The van der Waals surface area contributed by atoms with Gasteiger partial charge in [0.2, 0.25) is 0 Å². The number of amides is 2. The number of piperazine rings is 1. The largest absolute Gasteiger partial charge is 0.497 e. The van der Waals surface area contributed by atoms with Crippen LogP contribution in [-0.4, -0.2) is 49.2 Å². The van der Waals surface area contributed by atoms with E-state index < -0.39 is 0 Å². The summed E-state index contributed by atoms with van der Waals surface area (Å²) in [5.41, 5.74) is 3.03. The van der Waals surface area contributed by atoms with Crippen LogP contribution in [-0.2, 0) is 0 Å². The van der Waals surface area contributed by atoms with E-state index in [9.17, 15) is 4.79 Å². The number of hydrogen-bond donors (Lipinski definition) is 1. The van der Waals surface area contributed by atoms with Crippen molar-refractivity contribution in [1.29, 1.82) is 0 Å². The molecule has 1 N–H and O–H groups in total. The zero-order valence-electron chi connectivity index (χ0n) is 15.4. The van der Waals surface area contributed by atoms with Crippen LogP contribution in [0.15, 0.2) is 42.5 Å². The molecule has 27 heavy (non-hydrogen) atoms. The molecule has 0 atom stereocenters. The lowest BCUT2D eigenvalue weighted by Gasteiger charge is -2.34. The summed E-state index contributed by atoms with van der Waals surface area (Å²) >= 11 is 1.72. The summed E-state index contributed by atoms with van der Waals surface area (Å²) in [6.07, 6.45) is 0. The molecule has 0 unspecified atom stereocenters. The Morgan fingerprint density at radius 3 is 2.74 bits per heavy atom. The first-order valence-electron chi connectivity index (χ1n) is 8.94. The third-order valence-corrected chi connectivity index (χ3v) is 5.77. The first kappa shape index (κ1) is 17.6. The van der Waals surface area contributed by atoms with Gasteiger partial charge in [-0.2, -0.15) is 0 Å². The van der Waals surface area contributed by atoms with Crippen LogP contribution in [0.3, 0.4) is 0 Å². The molecule has 2 aromatic carbocycles. The van der Waals surface area contributed by atoms with E-state index in [2.05, 4.69) is 35.3 Å². The predicted molar refractivity (Wildman–Crippen MR) is 110 cm³/mol. The Labute approximate surface area is 162 Å². The number of benzene rings is 2. The highest BCUT2D eigenvalue weighted by Crippen LogP contribution is 2.30. The van der Waals surface area contributed by atoms with Crippen LogP contribution in [0.25, 0.3) is 10.2 Å². The average Bonchev–Trinajstić information content (AvgIpc) is 3.11. The summed E-state index contributed by atoms with van der Waals surface area (Å²) in [4.78, 5) is 21.4. The molecule has 140 valence electrons. The molecular formula is C20H22N4O2S. The van der Waals surface area contributed by atoms with Gasteiger partial charge >= 0.3 is 6.03 Å². The smallest absolute Gasteiger partial charge is 0.321 e. The Kier molecular flexibility index (Phi) is 4.85. The van der Waals surface area contributed by atoms with Crippen molar-refractivity contribution in [2.45, 2.75) is 6.92 Å². The Bertz CT molecular complexity index is 964. The molecule has 4 rings (SSSR count). The SMILES string of the molecule is COc1cccc(NC(=O)N2CCN(c3nc4ccc(C)cc4s3)CC2)c1. The topological polar surface area (TPSA) is 57.7 Å². The van der Waals surface area contributed by atoms with E-state index >= 15 is 0 Å². The third-order valence-electron chi connectivity index (χ3n) is 4.69. The van der Waals surface area contributed by atoms with Crippen molar-refractivity contribution < 1.29 is 9.53 Å². The summed E-state index contributed by atoms with van der Waals surface area (Å²) in [5, 5.41) is 3.98. The van der Waals surface area contributed by atoms with Crippen LogP contribution < -0.4 is 15.0 Å². The molecular weight excluding hydrogens is 360 g/mol. The van der Waals surface area contributed by atoms with E-state index in [0.29, 0.717) is 13.1 Å². The molecule has 1 aromatic heterocycles. The van der Waals surface area contributed by atoms with Gasteiger partial charge in [-0.15, -0.1) is 0 Å². The number of carbonyl (C=O) groups is 1. The lowest BCUT2D eigenvalue weighted by Crippen LogP contribution is -2.50. The van der Waals surface area contributed by atoms with E-state index in [1.807, 2.05) is 29.2 Å². The van der Waals surface area contributed by atoms with Gasteiger partial charge in [0.15, 0.2) is 5.13 Å². The molecule has 2 amide bonds. The number of hydrogen-bond acceptors (Lipinski definition) is 5. The first-order chi connectivity index (χ1) is 13.1. The second-order valence-corrected chi connectivity index (χ2v) is 7.61. The second-order valence-electron chi connectivity index (χ2n) is 6.60. The van der Waals surface area contributed by atoms with Crippen LogP contribution >= 0.6 is 11.3 Å². The fraction of sp³-hybridized carbons (Fsp3) is 0.300. The summed E-state index contributed by atoms with van der Waals surface area (Å²) < 4.78 is 6.41. The van der Waals surface area contributed by atoms with Crippen molar-refractivity contribution in [2.24, 2.45) is 0 Å². The van der Waals surface area contributed by atoms with Gasteiger partial charge in [-0.05, 0) is 36.8 Å². The van der Waals surface area contributed by atoms with E-state index in [4.69, 9.17) is 9.72 Å². The normalized spacial score (nSPS) is 14.4. The summed E-state index contributed by atoms with van der Waals surface area (Å²) in [6.45, 7) is 5.00. The lowest BCUT2D eigenvalue weighted by molar-refractivity contribution is 0.208. The number of aromatic nitrogens is 1. The third kappa shape index (κ3) is 3.83. The number of carbonyl (C=O) groups excluding carboxylic acids is 1. The number of nitrogens with one attached hydrogen (secondary N) is 1. The minimum atomic E-state index is -0.0807. The summed E-state index contributed by atoms with van der Waals surface area (Å²) in [6, 6.07) is 13.7. The van der Waals surface area contributed by atoms with E-state index in [1.54, 1.807) is 18.4 Å². The fourth-order valence-electron chi connectivity index (χ4n) is 3.16. The van der Waals surface area contributed by atoms with Crippen molar-refractivity contribution in [1.82, 2.24) is 9.88 Å². The van der Waals surface area contributed by atoms with E-state index in [1.165, 1.54) is 10.3 Å². The van der Waals surface area contributed by atoms with Crippen molar-refractivity contribution in [2.75, 3.05) is 43.5 Å². The molecule has 2 heterocycles.